The SMILES string of the molecule is Cc1ccc(C(O)CN(C)CC2CC2)c(C)c1. The minimum absolute atomic E-state index is 0.362. The molecule has 1 unspecified atom stereocenters. The van der Waals surface area contributed by atoms with Crippen LogP contribution in [0.4, 0.5) is 0 Å². The van der Waals surface area contributed by atoms with E-state index in [2.05, 4.69) is 44.0 Å². The Kier molecular flexibility index (Phi) is 3.85. The number of rotatable bonds is 5. The van der Waals surface area contributed by atoms with Gasteiger partial charge in [-0.1, -0.05) is 23.8 Å². The zero-order chi connectivity index (χ0) is 12.4. The molecule has 0 bridgehead atoms. The molecule has 2 heteroatoms. The lowest BCUT2D eigenvalue weighted by Gasteiger charge is -2.21. The van der Waals surface area contributed by atoms with Crippen LogP contribution < -0.4 is 0 Å². The third-order valence-electron chi connectivity index (χ3n) is 3.54. The van der Waals surface area contributed by atoms with E-state index in [1.54, 1.807) is 0 Å². The van der Waals surface area contributed by atoms with Gasteiger partial charge in [0.05, 0.1) is 6.10 Å². The first-order valence-electron chi connectivity index (χ1n) is 6.50. The minimum Gasteiger partial charge on any atom is -0.387 e. The van der Waals surface area contributed by atoms with Gasteiger partial charge in [-0.05, 0) is 50.8 Å². The number of aliphatic hydroxyl groups excluding tert-OH is 1. The molecule has 2 nitrogen and oxygen atoms in total. The molecule has 1 fully saturated rings. The van der Waals surface area contributed by atoms with Gasteiger partial charge < -0.3 is 10.0 Å². The van der Waals surface area contributed by atoms with Crippen LogP contribution in [0.5, 0.6) is 0 Å². The van der Waals surface area contributed by atoms with Crippen LogP contribution in [0.25, 0.3) is 0 Å². The third-order valence-corrected chi connectivity index (χ3v) is 3.54. The van der Waals surface area contributed by atoms with E-state index in [1.807, 2.05) is 0 Å². The average molecular weight is 233 g/mol. The molecule has 1 N–H and O–H groups in total. The third kappa shape index (κ3) is 3.55. The van der Waals surface area contributed by atoms with Crippen molar-refractivity contribution in [3.05, 3.63) is 34.9 Å². The molecule has 94 valence electrons. The Morgan fingerprint density at radius 2 is 2.06 bits per heavy atom. The summed E-state index contributed by atoms with van der Waals surface area (Å²) >= 11 is 0. The summed E-state index contributed by atoms with van der Waals surface area (Å²) in [5, 5.41) is 10.3. The van der Waals surface area contributed by atoms with Crippen LogP contribution in [0.1, 0.15) is 35.6 Å². The van der Waals surface area contributed by atoms with Crippen molar-refractivity contribution in [1.82, 2.24) is 4.90 Å². The second-order valence-corrected chi connectivity index (χ2v) is 5.54. The van der Waals surface area contributed by atoms with Crippen molar-refractivity contribution < 1.29 is 5.11 Å². The number of hydrogen-bond acceptors (Lipinski definition) is 2. The van der Waals surface area contributed by atoms with E-state index in [1.165, 1.54) is 24.0 Å². The lowest BCUT2D eigenvalue weighted by Crippen LogP contribution is -2.27. The molecule has 0 heterocycles. The van der Waals surface area contributed by atoms with Crippen LogP contribution in [0, 0.1) is 19.8 Å². The summed E-state index contributed by atoms with van der Waals surface area (Å²) in [4.78, 5) is 2.25. The summed E-state index contributed by atoms with van der Waals surface area (Å²) in [6, 6.07) is 6.27. The molecule has 1 atom stereocenters. The molecule has 0 aliphatic heterocycles. The fourth-order valence-electron chi connectivity index (χ4n) is 2.41. The van der Waals surface area contributed by atoms with Gasteiger partial charge in [0.15, 0.2) is 0 Å². The molecule has 1 aliphatic carbocycles. The lowest BCUT2D eigenvalue weighted by atomic mass is 10.0. The normalized spacial score (nSPS) is 17.5. The van der Waals surface area contributed by atoms with Crippen LogP contribution in [-0.4, -0.2) is 30.1 Å². The standard InChI is InChI=1S/C15H23NO/c1-11-4-7-14(12(2)8-11)15(17)10-16(3)9-13-5-6-13/h4,7-8,13,15,17H,5-6,9-10H2,1-3H3. The van der Waals surface area contributed by atoms with E-state index in [-0.39, 0.29) is 6.10 Å². The zero-order valence-electron chi connectivity index (χ0n) is 11.1. The highest BCUT2D eigenvalue weighted by atomic mass is 16.3. The van der Waals surface area contributed by atoms with Crippen LogP contribution in [0.3, 0.4) is 0 Å². The van der Waals surface area contributed by atoms with E-state index in [0.717, 1.165) is 24.6 Å². The minimum atomic E-state index is -0.362. The quantitative estimate of drug-likeness (QED) is 0.845. The van der Waals surface area contributed by atoms with Gasteiger partial charge in [-0.15, -0.1) is 0 Å². The molecule has 0 amide bonds. The first kappa shape index (κ1) is 12.6. The summed E-state index contributed by atoms with van der Waals surface area (Å²) in [6.07, 6.45) is 2.37. The molecule has 0 saturated heterocycles. The summed E-state index contributed by atoms with van der Waals surface area (Å²) in [6.45, 7) is 6.02. The summed E-state index contributed by atoms with van der Waals surface area (Å²) in [5.41, 5.74) is 3.51. The predicted molar refractivity (Wildman–Crippen MR) is 71.1 cm³/mol. The number of aryl methyl sites for hydroxylation is 2. The highest BCUT2D eigenvalue weighted by molar-refractivity contribution is 5.32. The zero-order valence-corrected chi connectivity index (χ0v) is 11.1. The lowest BCUT2D eigenvalue weighted by molar-refractivity contribution is 0.124. The van der Waals surface area contributed by atoms with Crippen LogP contribution >= 0.6 is 0 Å². The van der Waals surface area contributed by atoms with Crippen molar-refractivity contribution in [2.24, 2.45) is 5.92 Å². The van der Waals surface area contributed by atoms with Crippen LogP contribution in [0.2, 0.25) is 0 Å². The van der Waals surface area contributed by atoms with E-state index >= 15 is 0 Å². The van der Waals surface area contributed by atoms with Crippen molar-refractivity contribution in [2.75, 3.05) is 20.1 Å². The Bertz CT molecular complexity index is 385. The topological polar surface area (TPSA) is 23.5 Å². The van der Waals surface area contributed by atoms with Crippen molar-refractivity contribution in [2.45, 2.75) is 32.8 Å². The largest absolute Gasteiger partial charge is 0.387 e. The Morgan fingerprint density at radius 1 is 1.35 bits per heavy atom. The van der Waals surface area contributed by atoms with E-state index < -0.39 is 0 Å². The Hall–Kier alpha value is -0.860. The molecule has 1 aromatic carbocycles. The monoisotopic (exact) mass is 233 g/mol. The van der Waals surface area contributed by atoms with Gasteiger partial charge in [0.2, 0.25) is 0 Å². The molecule has 1 aromatic rings. The first-order valence-corrected chi connectivity index (χ1v) is 6.50. The summed E-state index contributed by atoms with van der Waals surface area (Å²) in [7, 11) is 2.10. The Morgan fingerprint density at radius 3 is 2.65 bits per heavy atom. The van der Waals surface area contributed by atoms with Gasteiger partial charge >= 0.3 is 0 Å². The maximum atomic E-state index is 10.3. The van der Waals surface area contributed by atoms with Crippen molar-refractivity contribution in [3.63, 3.8) is 0 Å². The van der Waals surface area contributed by atoms with E-state index in [9.17, 15) is 5.11 Å². The van der Waals surface area contributed by atoms with Crippen LogP contribution in [-0.2, 0) is 0 Å². The van der Waals surface area contributed by atoms with Gasteiger partial charge in [-0.3, -0.25) is 0 Å². The number of hydrogen-bond donors (Lipinski definition) is 1. The van der Waals surface area contributed by atoms with Crippen molar-refractivity contribution >= 4 is 0 Å². The first-order chi connectivity index (χ1) is 8.06. The predicted octanol–water partition coefficient (Wildman–Crippen LogP) is 2.68. The molecule has 1 saturated carbocycles. The van der Waals surface area contributed by atoms with Gasteiger partial charge in [0, 0.05) is 13.1 Å². The number of aliphatic hydroxyl groups is 1. The summed E-state index contributed by atoms with van der Waals surface area (Å²) < 4.78 is 0. The molecule has 1 aliphatic rings. The average Bonchev–Trinajstić information content (AvgIpc) is 3.00. The number of likely N-dealkylation sites (N-methyl/N-ethyl adjacent to an activating group) is 1. The van der Waals surface area contributed by atoms with Crippen LogP contribution in [0.15, 0.2) is 18.2 Å². The van der Waals surface area contributed by atoms with Gasteiger partial charge in [-0.25, -0.2) is 0 Å². The summed E-state index contributed by atoms with van der Waals surface area (Å²) in [5.74, 6) is 0.881. The molecule has 2 rings (SSSR count). The smallest absolute Gasteiger partial charge is 0.0919 e. The second-order valence-electron chi connectivity index (χ2n) is 5.54. The number of nitrogens with zero attached hydrogens (tertiary/aromatic N) is 1. The Balaban J connectivity index is 1.95. The highest BCUT2D eigenvalue weighted by Gasteiger charge is 2.24. The van der Waals surface area contributed by atoms with Gasteiger partial charge in [0.25, 0.3) is 0 Å². The molecule has 0 radical (unpaired) electrons. The molecule has 0 spiro atoms. The molecular formula is C15H23NO. The van der Waals surface area contributed by atoms with Gasteiger partial charge in [-0.2, -0.15) is 0 Å². The molecule has 0 aromatic heterocycles. The number of benzene rings is 1. The highest BCUT2D eigenvalue weighted by Crippen LogP contribution is 2.30. The molecule has 17 heavy (non-hydrogen) atoms. The maximum Gasteiger partial charge on any atom is 0.0919 e. The fraction of sp³-hybridized carbons (Fsp3) is 0.600. The van der Waals surface area contributed by atoms with Gasteiger partial charge in [0.1, 0.15) is 0 Å². The van der Waals surface area contributed by atoms with E-state index in [0.29, 0.717) is 0 Å². The van der Waals surface area contributed by atoms with E-state index in [4.69, 9.17) is 0 Å². The molecular weight excluding hydrogens is 210 g/mol. The Labute approximate surface area is 104 Å². The van der Waals surface area contributed by atoms with Crippen molar-refractivity contribution in [1.29, 1.82) is 0 Å². The maximum absolute atomic E-state index is 10.3. The fourth-order valence-corrected chi connectivity index (χ4v) is 2.41. The van der Waals surface area contributed by atoms with Crippen molar-refractivity contribution in [3.8, 4) is 0 Å². The second kappa shape index (κ2) is 5.19.